The van der Waals surface area contributed by atoms with Gasteiger partial charge in [-0.15, -0.1) is 0 Å². The van der Waals surface area contributed by atoms with Crippen molar-refractivity contribution in [3.63, 3.8) is 0 Å². The summed E-state index contributed by atoms with van der Waals surface area (Å²) in [5.74, 6) is -1.65. The summed E-state index contributed by atoms with van der Waals surface area (Å²) in [5, 5.41) is 10.6. The van der Waals surface area contributed by atoms with Gasteiger partial charge in [-0.05, 0) is 33.9 Å². The molecule has 0 unspecified atom stereocenters. The number of carbonyl (C=O) groups excluding carboxylic acids is 3. The summed E-state index contributed by atoms with van der Waals surface area (Å²) < 4.78 is 4.34. The maximum atomic E-state index is 11.6. The van der Waals surface area contributed by atoms with Gasteiger partial charge in [-0.25, -0.2) is 4.79 Å². The number of hydrogen-bond donors (Lipinski definition) is 1. The molecule has 1 rings (SSSR count). The second-order valence-electron chi connectivity index (χ2n) is 7.95. The molecule has 0 amide bonds. The smallest absolute Gasteiger partial charge is 0.378 e. The SMILES string of the molecule is CC(C)(C)c1cc(CCC(=O)OC(=O)C=O)cc(C(C)(C)C)c1O. The van der Waals surface area contributed by atoms with Crippen LogP contribution in [0.5, 0.6) is 5.75 Å². The number of benzene rings is 1. The van der Waals surface area contributed by atoms with Crippen LogP contribution in [0, 0.1) is 0 Å². The number of esters is 2. The molecular formula is C19H26O5. The molecule has 5 nitrogen and oxygen atoms in total. The van der Waals surface area contributed by atoms with Gasteiger partial charge in [0.2, 0.25) is 6.29 Å². The van der Waals surface area contributed by atoms with Gasteiger partial charge >= 0.3 is 11.9 Å². The van der Waals surface area contributed by atoms with Crippen LogP contribution < -0.4 is 0 Å². The Morgan fingerprint density at radius 1 is 1.04 bits per heavy atom. The predicted molar refractivity (Wildman–Crippen MR) is 91.0 cm³/mol. The van der Waals surface area contributed by atoms with E-state index in [0.717, 1.165) is 16.7 Å². The lowest BCUT2D eigenvalue weighted by Gasteiger charge is -2.28. The number of phenolic OH excluding ortho intramolecular Hbond substituents is 1. The van der Waals surface area contributed by atoms with Gasteiger partial charge in [0.25, 0.3) is 0 Å². The number of aryl methyl sites for hydroxylation is 1. The van der Waals surface area contributed by atoms with Crippen molar-refractivity contribution in [1.29, 1.82) is 0 Å². The van der Waals surface area contributed by atoms with Gasteiger partial charge in [0.1, 0.15) is 5.75 Å². The molecule has 0 aliphatic carbocycles. The largest absolute Gasteiger partial charge is 0.507 e. The van der Waals surface area contributed by atoms with Crippen molar-refractivity contribution < 1.29 is 24.2 Å². The van der Waals surface area contributed by atoms with Gasteiger partial charge in [-0.2, -0.15) is 0 Å². The molecule has 5 heteroatoms. The minimum atomic E-state index is -1.18. The Bertz CT molecular complexity index is 610. The molecule has 1 aromatic carbocycles. The summed E-state index contributed by atoms with van der Waals surface area (Å²) in [6, 6.07) is 3.75. The third kappa shape index (κ3) is 5.18. The Morgan fingerprint density at radius 2 is 1.50 bits per heavy atom. The van der Waals surface area contributed by atoms with Crippen LogP contribution in [0.4, 0.5) is 0 Å². The first-order valence-electron chi connectivity index (χ1n) is 7.93. The van der Waals surface area contributed by atoms with E-state index >= 15 is 0 Å². The highest BCUT2D eigenvalue weighted by atomic mass is 16.6. The molecule has 0 saturated heterocycles. The Balaban J connectivity index is 3.14. The monoisotopic (exact) mass is 334 g/mol. The predicted octanol–water partition coefficient (Wildman–Crippen LogP) is 3.19. The lowest BCUT2D eigenvalue weighted by atomic mass is 9.78. The summed E-state index contributed by atoms with van der Waals surface area (Å²) in [6.07, 6.45) is 0.308. The molecular weight excluding hydrogens is 308 g/mol. The molecule has 1 aromatic rings. The van der Waals surface area contributed by atoms with Gasteiger partial charge in [-0.1, -0.05) is 53.7 Å². The third-order valence-corrected chi connectivity index (χ3v) is 3.71. The van der Waals surface area contributed by atoms with Crippen molar-refractivity contribution in [2.24, 2.45) is 0 Å². The first kappa shape index (κ1) is 19.9. The molecule has 0 saturated carbocycles. The summed E-state index contributed by atoms with van der Waals surface area (Å²) in [5.41, 5.74) is 1.98. The molecule has 24 heavy (non-hydrogen) atoms. The molecule has 0 bridgehead atoms. The van der Waals surface area contributed by atoms with E-state index in [1.165, 1.54) is 0 Å². The number of ether oxygens (including phenoxy) is 1. The minimum Gasteiger partial charge on any atom is -0.507 e. The number of hydrogen-bond acceptors (Lipinski definition) is 5. The van der Waals surface area contributed by atoms with Crippen LogP contribution in [0.2, 0.25) is 0 Å². The third-order valence-electron chi connectivity index (χ3n) is 3.71. The molecule has 0 aromatic heterocycles. The number of aldehydes is 1. The van der Waals surface area contributed by atoms with Gasteiger partial charge in [0.15, 0.2) is 0 Å². The maximum Gasteiger partial charge on any atom is 0.378 e. The summed E-state index contributed by atoms with van der Waals surface area (Å²) in [6.45, 7) is 12.1. The zero-order valence-corrected chi connectivity index (χ0v) is 15.2. The van der Waals surface area contributed by atoms with E-state index in [0.29, 0.717) is 6.42 Å². The molecule has 1 N–H and O–H groups in total. The molecule has 0 aliphatic rings. The zero-order valence-electron chi connectivity index (χ0n) is 15.2. The molecule has 0 aliphatic heterocycles. The van der Waals surface area contributed by atoms with E-state index in [9.17, 15) is 19.5 Å². The van der Waals surface area contributed by atoms with E-state index in [1.54, 1.807) is 0 Å². The highest BCUT2D eigenvalue weighted by molar-refractivity contribution is 6.22. The number of carbonyl (C=O) groups is 3. The molecule has 0 atom stereocenters. The van der Waals surface area contributed by atoms with Crippen molar-refractivity contribution in [2.45, 2.75) is 65.2 Å². The van der Waals surface area contributed by atoms with E-state index < -0.39 is 11.9 Å². The van der Waals surface area contributed by atoms with Gasteiger partial charge < -0.3 is 9.84 Å². The average molecular weight is 334 g/mol. The lowest BCUT2D eigenvalue weighted by Crippen LogP contribution is -2.18. The van der Waals surface area contributed by atoms with Crippen molar-refractivity contribution in [2.75, 3.05) is 0 Å². The second-order valence-corrected chi connectivity index (χ2v) is 7.95. The first-order chi connectivity index (χ1) is 10.9. The minimum absolute atomic E-state index is 0.0163. The van der Waals surface area contributed by atoms with Crippen LogP contribution in [-0.4, -0.2) is 23.3 Å². The Hall–Kier alpha value is -2.17. The maximum absolute atomic E-state index is 11.6. The molecule has 132 valence electrons. The van der Waals surface area contributed by atoms with Gasteiger partial charge in [0.05, 0.1) is 6.42 Å². The van der Waals surface area contributed by atoms with Crippen LogP contribution >= 0.6 is 0 Å². The number of rotatable bonds is 4. The summed E-state index contributed by atoms with van der Waals surface area (Å²) in [7, 11) is 0. The lowest BCUT2D eigenvalue weighted by molar-refractivity contribution is -0.161. The fraction of sp³-hybridized carbons (Fsp3) is 0.526. The van der Waals surface area contributed by atoms with Crippen LogP contribution in [0.3, 0.4) is 0 Å². The Kier molecular flexibility index (Phi) is 5.93. The number of phenols is 1. The second kappa shape index (κ2) is 7.16. The van der Waals surface area contributed by atoms with Crippen molar-refractivity contribution >= 4 is 18.2 Å². The van der Waals surface area contributed by atoms with E-state index in [-0.39, 0.29) is 29.3 Å². The van der Waals surface area contributed by atoms with Gasteiger partial charge in [-0.3, -0.25) is 9.59 Å². The molecule has 0 fully saturated rings. The summed E-state index contributed by atoms with van der Waals surface area (Å²) >= 11 is 0. The first-order valence-corrected chi connectivity index (χ1v) is 7.93. The topological polar surface area (TPSA) is 80.7 Å². The van der Waals surface area contributed by atoms with Crippen LogP contribution in [0.1, 0.15) is 64.7 Å². The number of aromatic hydroxyl groups is 1. The molecule has 0 heterocycles. The molecule has 0 spiro atoms. The Morgan fingerprint density at radius 3 is 1.88 bits per heavy atom. The van der Waals surface area contributed by atoms with Gasteiger partial charge in [0, 0.05) is 0 Å². The van der Waals surface area contributed by atoms with Crippen LogP contribution in [-0.2, 0) is 36.4 Å². The van der Waals surface area contributed by atoms with Crippen LogP contribution in [0.15, 0.2) is 12.1 Å². The van der Waals surface area contributed by atoms with Crippen molar-refractivity contribution in [1.82, 2.24) is 0 Å². The average Bonchev–Trinajstić information content (AvgIpc) is 2.43. The fourth-order valence-corrected chi connectivity index (χ4v) is 2.42. The normalized spacial score (nSPS) is 11.9. The highest BCUT2D eigenvalue weighted by Gasteiger charge is 2.26. The van der Waals surface area contributed by atoms with Crippen LogP contribution in [0.25, 0.3) is 0 Å². The van der Waals surface area contributed by atoms with E-state index in [1.807, 2.05) is 53.7 Å². The summed E-state index contributed by atoms with van der Waals surface area (Å²) in [4.78, 5) is 32.6. The highest BCUT2D eigenvalue weighted by Crippen LogP contribution is 2.39. The van der Waals surface area contributed by atoms with E-state index in [4.69, 9.17) is 0 Å². The zero-order chi connectivity index (χ0) is 18.7. The van der Waals surface area contributed by atoms with Crippen molar-refractivity contribution in [3.05, 3.63) is 28.8 Å². The molecule has 0 radical (unpaired) electrons. The fourth-order valence-electron chi connectivity index (χ4n) is 2.42. The quantitative estimate of drug-likeness (QED) is 0.396. The standard InChI is InChI=1S/C19H26O5/c1-18(2,3)13-9-12(7-8-15(21)24-16(22)11-20)10-14(17(13)23)19(4,5)6/h9-11,23H,7-8H2,1-6H3. The van der Waals surface area contributed by atoms with E-state index in [2.05, 4.69) is 4.74 Å². The Labute approximate surface area is 143 Å². The van der Waals surface area contributed by atoms with Crippen molar-refractivity contribution in [3.8, 4) is 5.75 Å².